The minimum absolute atomic E-state index is 0.0107. The number of hydrogen-bond acceptors (Lipinski definition) is 3. The summed E-state index contributed by atoms with van der Waals surface area (Å²) in [7, 11) is 0. The van der Waals surface area contributed by atoms with Gasteiger partial charge in [-0.05, 0) is 18.1 Å². The molecule has 0 bridgehead atoms. The van der Waals surface area contributed by atoms with E-state index in [-0.39, 0.29) is 11.6 Å². The Morgan fingerprint density at radius 1 is 0.900 bits per heavy atom. The fourth-order valence-corrected chi connectivity index (χ4v) is 3.45. The molecule has 1 amide bonds. The van der Waals surface area contributed by atoms with Crippen molar-refractivity contribution in [2.75, 3.05) is 6.54 Å². The highest BCUT2D eigenvalue weighted by molar-refractivity contribution is 6.00. The van der Waals surface area contributed by atoms with Crippen LogP contribution in [0.3, 0.4) is 0 Å². The summed E-state index contributed by atoms with van der Waals surface area (Å²) < 4.78 is 0. The Bertz CT molecular complexity index is 831. The van der Waals surface area contributed by atoms with Gasteiger partial charge in [0.25, 0.3) is 5.69 Å². The lowest BCUT2D eigenvalue weighted by atomic mass is 9.96. The number of para-hydroxylation sites is 1. The molecule has 0 aromatic heterocycles. The molecule has 5 nitrogen and oxygen atoms in total. The molecule has 0 atom stereocenters. The number of carbonyl (C=O) groups is 1. The minimum Gasteiger partial charge on any atom is -0.353 e. The summed E-state index contributed by atoms with van der Waals surface area (Å²) in [5.41, 5.74) is 1.75. The molecule has 0 saturated carbocycles. The molecule has 1 N–H and O–H groups in total. The molecule has 2 aromatic rings. The van der Waals surface area contributed by atoms with E-state index in [0.717, 1.165) is 18.4 Å². The monoisotopic (exact) mass is 408 g/mol. The lowest BCUT2D eigenvalue weighted by Gasteiger charge is -2.10. The normalized spacial score (nSPS) is 11.3. The zero-order valence-corrected chi connectivity index (χ0v) is 17.8. The van der Waals surface area contributed by atoms with Crippen LogP contribution in [0.25, 0.3) is 5.57 Å². The average molecular weight is 409 g/mol. The molecule has 5 heteroatoms. The van der Waals surface area contributed by atoms with Gasteiger partial charge in [-0.2, -0.15) is 0 Å². The topological polar surface area (TPSA) is 72.2 Å². The molecule has 0 unspecified atom stereocenters. The maximum atomic E-state index is 12.5. The van der Waals surface area contributed by atoms with E-state index in [1.54, 1.807) is 18.2 Å². The molecule has 0 radical (unpaired) electrons. The predicted molar refractivity (Wildman–Crippen MR) is 122 cm³/mol. The van der Waals surface area contributed by atoms with Gasteiger partial charge in [0, 0.05) is 24.3 Å². The Morgan fingerprint density at radius 2 is 1.50 bits per heavy atom. The number of rotatable bonds is 13. The van der Waals surface area contributed by atoms with Crippen LogP contribution in [-0.4, -0.2) is 17.4 Å². The first-order chi connectivity index (χ1) is 14.6. The van der Waals surface area contributed by atoms with E-state index in [4.69, 9.17) is 0 Å². The van der Waals surface area contributed by atoms with E-state index < -0.39 is 4.92 Å². The van der Waals surface area contributed by atoms with Crippen molar-refractivity contribution in [2.45, 2.75) is 58.3 Å². The third-order valence-electron chi connectivity index (χ3n) is 5.08. The van der Waals surface area contributed by atoms with E-state index in [0.29, 0.717) is 17.7 Å². The number of nitrogens with one attached hydrogen (secondary N) is 1. The Balaban J connectivity index is 1.99. The number of nitro benzene ring substituents is 1. The number of amides is 1. The lowest BCUT2D eigenvalue weighted by molar-refractivity contribution is -0.385. The smallest absolute Gasteiger partial charge is 0.277 e. The predicted octanol–water partition coefficient (Wildman–Crippen LogP) is 6.28. The van der Waals surface area contributed by atoms with Crippen molar-refractivity contribution in [1.82, 2.24) is 5.32 Å². The summed E-state index contributed by atoms with van der Waals surface area (Å²) in [4.78, 5) is 23.6. The van der Waals surface area contributed by atoms with Gasteiger partial charge in [0.2, 0.25) is 5.91 Å². The zero-order valence-electron chi connectivity index (χ0n) is 17.8. The van der Waals surface area contributed by atoms with Crippen LogP contribution in [0.5, 0.6) is 0 Å². The summed E-state index contributed by atoms with van der Waals surface area (Å²) in [6.07, 6.45) is 11.1. The van der Waals surface area contributed by atoms with Crippen LogP contribution in [0.1, 0.15) is 69.4 Å². The van der Waals surface area contributed by atoms with Crippen molar-refractivity contribution in [3.05, 3.63) is 81.9 Å². The van der Waals surface area contributed by atoms with Gasteiger partial charge >= 0.3 is 0 Å². The third kappa shape index (κ3) is 7.82. The molecule has 2 aromatic carbocycles. The van der Waals surface area contributed by atoms with Gasteiger partial charge in [0.15, 0.2) is 0 Å². The van der Waals surface area contributed by atoms with Crippen molar-refractivity contribution in [3.63, 3.8) is 0 Å². The van der Waals surface area contributed by atoms with Gasteiger partial charge in [-0.25, -0.2) is 0 Å². The van der Waals surface area contributed by atoms with Crippen LogP contribution >= 0.6 is 0 Å². The average Bonchev–Trinajstić information content (AvgIpc) is 2.77. The van der Waals surface area contributed by atoms with E-state index in [2.05, 4.69) is 12.2 Å². The highest BCUT2D eigenvalue weighted by Gasteiger charge is 2.18. The lowest BCUT2D eigenvalue weighted by Crippen LogP contribution is -2.22. The first-order valence-corrected chi connectivity index (χ1v) is 10.9. The van der Waals surface area contributed by atoms with Crippen LogP contribution in [0.4, 0.5) is 5.69 Å². The number of carbonyl (C=O) groups excluding carboxylic acids is 1. The van der Waals surface area contributed by atoms with Crippen molar-refractivity contribution in [2.24, 2.45) is 0 Å². The largest absolute Gasteiger partial charge is 0.353 e. The Kier molecular flexibility index (Phi) is 10.3. The second-order valence-corrected chi connectivity index (χ2v) is 7.46. The van der Waals surface area contributed by atoms with Crippen LogP contribution in [0.2, 0.25) is 0 Å². The molecule has 0 aliphatic rings. The van der Waals surface area contributed by atoms with Gasteiger partial charge < -0.3 is 5.32 Å². The van der Waals surface area contributed by atoms with Gasteiger partial charge in [0.05, 0.1) is 10.5 Å². The third-order valence-corrected chi connectivity index (χ3v) is 5.08. The number of unbranched alkanes of at least 4 members (excludes halogenated alkanes) is 7. The quantitative estimate of drug-likeness (QED) is 0.183. The number of nitro groups is 1. The van der Waals surface area contributed by atoms with Gasteiger partial charge in [-0.15, -0.1) is 0 Å². The Labute approximate surface area is 179 Å². The maximum Gasteiger partial charge on any atom is 0.277 e. The second kappa shape index (κ2) is 13.3. The SMILES string of the molecule is CCCCCCCCCCNC(=O)C=C(c1ccccc1)c1ccccc1[N+](=O)[O-]. The molecular weight excluding hydrogens is 376 g/mol. The number of benzene rings is 2. The molecule has 2 rings (SSSR count). The number of nitrogens with zero attached hydrogens (tertiary/aromatic N) is 1. The van der Waals surface area contributed by atoms with Crippen LogP contribution in [0.15, 0.2) is 60.7 Å². The fourth-order valence-electron chi connectivity index (χ4n) is 3.45. The second-order valence-electron chi connectivity index (χ2n) is 7.46. The molecule has 0 heterocycles. The zero-order chi connectivity index (χ0) is 21.6. The van der Waals surface area contributed by atoms with Crippen LogP contribution < -0.4 is 5.32 Å². The van der Waals surface area contributed by atoms with Crippen LogP contribution in [0, 0.1) is 10.1 Å². The minimum atomic E-state index is -0.412. The highest BCUT2D eigenvalue weighted by atomic mass is 16.6. The Morgan fingerprint density at radius 3 is 2.17 bits per heavy atom. The molecular formula is C25H32N2O3. The fraction of sp³-hybridized carbons (Fsp3) is 0.400. The standard InChI is InChI=1S/C25H32N2O3/c1-2-3-4-5-6-7-8-14-19-26-25(28)20-23(21-15-10-9-11-16-21)22-17-12-13-18-24(22)27(29)30/h9-13,15-18,20H,2-8,14,19H2,1H3,(H,26,28). The number of hydrogen-bond donors (Lipinski definition) is 1. The summed E-state index contributed by atoms with van der Waals surface area (Å²) in [6.45, 7) is 2.83. The molecule has 0 aliphatic carbocycles. The summed E-state index contributed by atoms with van der Waals surface area (Å²) >= 11 is 0. The van der Waals surface area contributed by atoms with E-state index >= 15 is 0 Å². The van der Waals surface area contributed by atoms with Crippen molar-refractivity contribution < 1.29 is 9.72 Å². The first-order valence-electron chi connectivity index (χ1n) is 10.9. The van der Waals surface area contributed by atoms with E-state index in [1.165, 1.54) is 50.7 Å². The molecule has 0 aliphatic heterocycles. The van der Waals surface area contributed by atoms with Crippen LogP contribution in [-0.2, 0) is 4.79 Å². The highest BCUT2D eigenvalue weighted by Crippen LogP contribution is 2.30. The van der Waals surface area contributed by atoms with Crippen molar-refractivity contribution in [1.29, 1.82) is 0 Å². The maximum absolute atomic E-state index is 12.5. The summed E-state index contributed by atoms with van der Waals surface area (Å²) in [6, 6.07) is 15.8. The molecule has 30 heavy (non-hydrogen) atoms. The van der Waals surface area contributed by atoms with Crippen molar-refractivity contribution in [3.8, 4) is 0 Å². The summed E-state index contributed by atoms with van der Waals surface area (Å²) in [5, 5.41) is 14.4. The Hall–Kier alpha value is -2.95. The van der Waals surface area contributed by atoms with Crippen molar-refractivity contribution >= 4 is 17.2 Å². The molecule has 0 saturated heterocycles. The first kappa shape index (κ1) is 23.3. The molecule has 160 valence electrons. The summed E-state index contributed by atoms with van der Waals surface area (Å²) in [5.74, 6) is -0.227. The van der Waals surface area contributed by atoms with Gasteiger partial charge in [-0.3, -0.25) is 14.9 Å². The van der Waals surface area contributed by atoms with Gasteiger partial charge in [-0.1, -0.05) is 94.3 Å². The van der Waals surface area contributed by atoms with Gasteiger partial charge in [0.1, 0.15) is 0 Å². The van der Waals surface area contributed by atoms with E-state index in [9.17, 15) is 14.9 Å². The molecule has 0 spiro atoms. The van der Waals surface area contributed by atoms with E-state index in [1.807, 2.05) is 30.3 Å². The molecule has 0 fully saturated rings.